The lowest BCUT2D eigenvalue weighted by atomic mass is 9.84. The minimum absolute atomic E-state index is 0.0931. The third-order valence-electron chi connectivity index (χ3n) is 3.70. The van der Waals surface area contributed by atoms with Crippen molar-refractivity contribution in [2.45, 2.75) is 25.8 Å². The van der Waals surface area contributed by atoms with E-state index in [1.807, 2.05) is 0 Å². The van der Waals surface area contributed by atoms with Crippen molar-refractivity contribution in [2.75, 3.05) is 33.4 Å². The van der Waals surface area contributed by atoms with Gasteiger partial charge in [0.1, 0.15) is 0 Å². The van der Waals surface area contributed by atoms with E-state index in [-0.39, 0.29) is 19.8 Å². The second-order valence-electron chi connectivity index (χ2n) is 4.81. The van der Waals surface area contributed by atoms with Crippen molar-refractivity contribution in [3.05, 3.63) is 12.7 Å². The molecule has 1 atom stereocenters. The second kappa shape index (κ2) is 7.93. The maximum Gasteiger partial charge on any atom is 0.339 e. The minimum atomic E-state index is -1.81. The molecule has 7 nitrogen and oxygen atoms in total. The smallest absolute Gasteiger partial charge is 0.339 e. The van der Waals surface area contributed by atoms with Crippen LogP contribution in [0.2, 0.25) is 0 Å². The third kappa shape index (κ3) is 2.99. The average molecular weight is 313 g/mol. The van der Waals surface area contributed by atoms with Gasteiger partial charge in [-0.25, -0.2) is 9.59 Å². The quantitative estimate of drug-likeness (QED) is 0.293. The summed E-state index contributed by atoms with van der Waals surface area (Å²) in [7, 11) is 1.22. The van der Waals surface area contributed by atoms with Gasteiger partial charge in [0.2, 0.25) is 5.54 Å². The number of methoxy groups -OCH3 is 1. The zero-order chi connectivity index (χ0) is 16.8. The standard InChI is InChI=1S/C15H23NO6/c1-5-9-16-10-8-11(12(17)20-4)15(16,13(18)21-6-2)14(19)22-7-3/h5,11H,1,6-10H2,2-4H3. The van der Waals surface area contributed by atoms with Crippen LogP contribution in [0.5, 0.6) is 0 Å². The summed E-state index contributed by atoms with van der Waals surface area (Å²) in [5.74, 6) is -3.17. The van der Waals surface area contributed by atoms with Crippen LogP contribution >= 0.6 is 0 Å². The molecule has 0 amide bonds. The fourth-order valence-corrected chi connectivity index (χ4v) is 2.82. The Bertz CT molecular complexity index is 429. The van der Waals surface area contributed by atoms with Crippen LogP contribution in [-0.2, 0) is 28.6 Å². The summed E-state index contributed by atoms with van der Waals surface area (Å²) in [6, 6.07) is 0. The van der Waals surface area contributed by atoms with Crippen LogP contribution in [0.3, 0.4) is 0 Å². The van der Waals surface area contributed by atoms with E-state index in [0.29, 0.717) is 13.0 Å². The van der Waals surface area contributed by atoms with Crippen LogP contribution in [-0.4, -0.2) is 61.8 Å². The van der Waals surface area contributed by atoms with Crippen molar-refractivity contribution in [2.24, 2.45) is 5.92 Å². The summed E-state index contributed by atoms with van der Waals surface area (Å²) in [6.07, 6.45) is 1.87. The zero-order valence-electron chi connectivity index (χ0n) is 13.3. The molecule has 7 heteroatoms. The first-order valence-corrected chi connectivity index (χ1v) is 7.28. The molecule has 124 valence electrons. The summed E-state index contributed by atoms with van der Waals surface area (Å²) >= 11 is 0. The van der Waals surface area contributed by atoms with E-state index < -0.39 is 29.4 Å². The van der Waals surface area contributed by atoms with Crippen LogP contribution in [0, 0.1) is 5.92 Å². The van der Waals surface area contributed by atoms with E-state index in [9.17, 15) is 14.4 Å². The maximum absolute atomic E-state index is 12.6. The number of carbonyl (C=O) groups excluding carboxylic acids is 3. The molecule has 0 aliphatic carbocycles. The first-order chi connectivity index (χ1) is 10.5. The number of ether oxygens (including phenoxy) is 3. The minimum Gasteiger partial charge on any atom is -0.469 e. The number of hydrogen-bond donors (Lipinski definition) is 0. The molecule has 0 radical (unpaired) electrons. The van der Waals surface area contributed by atoms with Crippen molar-refractivity contribution in [1.29, 1.82) is 0 Å². The van der Waals surface area contributed by atoms with Gasteiger partial charge in [-0.15, -0.1) is 6.58 Å². The Kier molecular flexibility index (Phi) is 6.55. The summed E-state index contributed by atoms with van der Waals surface area (Å²) < 4.78 is 14.9. The van der Waals surface area contributed by atoms with Crippen molar-refractivity contribution >= 4 is 17.9 Å². The average Bonchev–Trinajstić information content (AvgIpc) is 2.87. The molecule has 1 heterocycles. The molecule has 0 bridgehead atoms. The molecular formula is C15H23NO6. The summed E-state index contributed by atoms with van der Waals surface area (Å²) in [6.45, 7) is 7.71. The van der Waals surface area contributed by atoms with E-state index in [2.05, 4.69) is 6.58 Å². The zero-order valence-corrected chi connectivity index (χ0v) is 13.3. The Labute approximate surface area is 130 Å². The second-order valence-corrected chi connectivity index (χ2v) is 4.81. The third-order valence-corrected chi connectivity index (χ3v) is 3.70. The molecule has 22 heavy (non-hydrogen) atoms. The molecule has 0 N–H and O–H groups in total. The number of likely N-dealkylation sites (tertiary alicyclic amines) is 1. The molecule has 0 aromatic rings. The Morgan fingerprint density at radius 1 is 1.23 bits per heavy atom. The lowest BCUT2D eigenvalue weighted by molar-refractivity contribution is -0.180. The largest absolute Gasteiger partial charge is 0.469 e. The summed E-state index contributed by atoms with van der Waals surface area (Å²) in [5.41, 5.74) is -1.81. The number of carbonyl (C=O) groups is 3. The highest BCUT2D eigenvalue weighted by Gasteiger charge is 2.65. The van der Waals surface area contributed by atoms with Crippen molar-refractivity contribution < 1.29 is 28.6 Å². The molecule has 1 aliphatic heterocycles. The summed E-state index contributed by atoms with van der Waals surface area (Å²) in [5, 5.41) is 0. The van der Waals surface area contributed by atoms with E-state index in [1.54, 1.807) is 24.8 Å². The molecule has 0 aromatic carbocycles. The van der Waals surface area contributed by atoms with Gasteiger partial charge < -0.3 is 14.2 Å². The van der Waals surface area contributed by atoms with E-state index in [1.165, 1.54) is 7.11 Å². The van der Waals surface area contributed by atoms with Crippen LogP contribution in [0.25, 0.3) is 0 Å². The van der Waals surface area contributed by atoms with Crippen molar-refractivity contribution in [3.63, 3.8) is 0 Å². The Morgan fingerprint density at radius 2 is 1.77 bits per heavy atom. The topological polar surface area (TPSA) is 82.1 Å². The Hall–Kier alpha value is -1.89. The Balaban J connectivity index is 3.39. The molecule has 1 rings (SSSR count). The number of hydrogen-bond acceptors (Lipinski definition) is 7. The first kappa shape index (κ1) is 18.2. The number of rotatable bonds is 7. The van der Waals surface area contributed by atoms with Gasteiger partial charge in [-0.1, -0.05) is 6.08 Å². The van der Waals surface area contributed by atoms with Crippen molar-refractivity contribution in [1.82, 2.24) is 4.90 Å². The van der Waals surface area contributed by atoms with Gasteiger partial charge in [0.25, 0.3) is 0 Å². The fraction of sp³-hybridized carbons (Fsp3) is 0.667. The van der Waals surface area contributed by atoms with Gasteiger partial charge >= 0.3 is 17.9 Å². The molecule has 1 fully saturated rings. The van der Waals surface area contributed by atoms with Gasteiger partial charge in [0.05, 0.1) is 26.2 Å². The van der Waals surface area contributed by atoms with Gasteiger partial charge in [0, 0.05) is 13.1 Å². The normalized spacial score (nSPS) is 20.2. The highest BCUT2D eigenvalue weighted by atomic mass is 16.6. The molecule has 1 unspecified atom stereocenters. The lowest BCUT2D eigenvalue weighted by Gasteiger charge is -2.35. The Morgan fingerprint density at radius 3 is 2.18 bits per heavy atom. The SMILES string of the molecule is C=CCN1CCC(C(=O)OC)C1(C(=O)OCC)C(=O)OCC. The van der Waals surface area contributed by atoms with Crippen LogP contribution in [0.1, 0.15) is 20.3 Å². The monoisotopic (exact) mass is 313 g/mol. The molecular weight excluding hydrogens is 290 g/mol. The number of nitrogens with zero attached hydrogens (tertiary/aromatic N) is 1. The molecule has 1 saturated heterocycles. The van der Waals surface area contributed by atoms with Crippen molar-refractivity contribution in [3.8, 4) is 0 Å². The van der Waals surface area contributed by atoms with Crippen LogP contribution < -0.4 is 0 Å². The first-order valence-electron chi connectivity index (χ1n) is 7.28. The lowest BCUT2D eigenvalue weighted by Crippen LogP contribution is -2.63. The fourth-order valence-electron chi connectivity index (χ4n) is 2.82. The molecule has 0 spiro atoms. The maximum atomic E-state index is 12.6. The van der Waals surface area contributed by atoms with Crippen LogP contribution in [0.15, 0.2) is 12.7 Å². The number of esters is 3. The predicted octanol–water partition coefficient (Wildman–Crippen LogP) is 0.532. The highest BCUT2D eigenvalue weighted by Crippen LogP contribution is 2.38. The summed E-state index contributed by atoms with van der Waals surface area (Å²) in [4.78, 5) is 38.9. The molecule has 0 saturated carbocycles. The van der Waals surface area contributed by atoms with Crippen LogP contribution in [0.4, 0.5) is 0 Å². The van der Waals surface area contributed by atoms with E-state index >= 15 is 0 Å². The van der Waals surface area contributed by atoms with E-state index in [4.69, 9.17) is 14.2 Å². The van der Waals surface area contributed by atoms with Gasteiger partial charge in [0.15, 0.2) is 0 Å². The van der Waals surface area contributed by atoms with E-state index in [0.717, 1.165) is 0 Å². The molecule has 0 aromatic heterocycles. The van der Waals surface area contributed by atoms with Gasteiger partial charge in [-0.05, 0) is 20.3 Å². The van der Waals surface area contributed by atoms with Gasteiger partial charge in [-0.3, -0.25) is 9.69 Å². The predicted molar refractivity (Wildman–Crippen MR) is 77.9 cm³/mol. The highest BCUT2D eigenvalue weighted by molar-refractivity contribution is 6.09. The van der Waals surface area contributed by atoms with Gasteiger partial charge in [-0.2, -0.15) is 0 Å². The molecule has 1 aliphatic rings.